The van der Waals surface area contributed by atoms with Crippen molar-refractivity contribution in [3.8, 4) is 0 Å². The van der Waals surface area contributed by atoms with E-state index >= 15 is 0 Å². The highest BCUT2D eigenvalue weighted by molar-refractivity contribution is 8.00. The third-order valence-electron chi connectivity index (χ3n) is 7.56. The van der Waals surface area contributed by atoms with Gasteiger partial charge in [0.1, 0.15) is 25.4 Å². The highest BCUT2D eigenvalue weighted by Gasteiger charge is 2.22. The summed E-state index contributed by atoms with van der Waals surface area (Å²) in [5, 5.41) is 29.3. The SMILES string of the molecule is CCCCC/C=C\C\C=C/C=C/C=C/[C@@H](SC[C@H](N)C(=O)OC[C@H](O)COC(=O)CCCCCCCCCCC)[C@@H](O)CCCC(=O)O. The quantitative estimate of drug-likeness (QED) is 0.0239. The molecule has 0 aromatic heterocycles. The molecular weight excluding hydrogens is 630 g/mol. The number of thioether (sulfide) groups is 1. The predicted octanol–water partition coefficient (Wildman–Crippen LogP) is 7.59. The Labute approximate surface area is 294 Å². The van der Waals surface area contributed by atoms with Crippen LogP contribution in [0, 0.1) is 0 Å². The molecule has 0 spiro atoms. The van der Waals surface area contributed by atoms with Crippen LogP contribution in [0.5, 0.6) is 0 Å². The smallest absolute Gasteiger partial charge is 0.323 e. The van der Waals surface area contributed by atoms with Gasteiger partial charge in [-0.3, -0.25) is 14.4 Å². The number of hydrogen-bond acceptors (Lipinski definition) is 9. The van der Waals surface area contributed by atoms with E-state index in [0.29, 0.717) is 12.8 Å². The molecule has 10 heteroatoms. The lowest BCUT2D eigenvalue weighted by Gasteiger charge is -2.21. The van der Waals surface area contributed by atoms with E-state index in [1.165, 1.54) is 69.5 Å². The molecule has 5 N–H and O–H groups in total. The van der Waals surface area contributed by atoms with Crippen molar-refractivity contribution in [1.29, 1.82) is 0 Å². The summed E-state index contributed by atoms with van der Waals surface area (Å²) in [6.45, 7) is 3.78. The van der Waals surface area contributed by atoms with Crippen molar-refractivity contribution < 1.29 is 39.2 Å². The average Bonchev–Trinajstić information content (AvgIpc) is 3.06. The van der Waals surface area contributed by atoms with Crippen molar-refractivity contribution in [3.63, 3.8) is 0 Å². The first-order valence-corrected chi connectivity index (χ1v) is 19.2. The molecule has 0 radical (unpaired) electrons. The molecule has 0 aliphatic heterocycles. The van der Waals surface area contributed by atoms with Crippen LogP contribution >= 0.6 is 11.8 Å². The summed E-state index contributed by atoms with van der Waals surface area (Å²) in [6, 6.07) is -1.01. The van der Waals surface area contributed by atoms with Gasteiger partial charge in [0.2, 0.25) is 0 Å². The molecule has 0 bridgehead atoms. The second-order valence-corrected chi connectivity index (χ2v) is 13.4. The standard InChI is InChI=1S/C38H65NO8S/c1-3-5-7-9-11-13-14-15-17-18-20-22-26-35(34(41)25-24-27-36(42)43)48-31-33(39)38(45)47-30-32(40)29-46-37(44)28-23-21-19-16-12-10-8-6-4-2/h11,13,15,17-18,20,22,26,32-35,40-41H,3-10,12,14,16,19,21,23-25,27-31,39H2,1-2H3,(H,42,43)/b13-11-,17-15-,20-18+,26-22+/t32-,33+,34+,35-/m1/s1. The molecule has 0 unspecified atom stereocenters. The lowest BCUT2D eigenvalue weighted by molar-refractivity contribution is -0.153. The van der Waals surface area contributed by atoms with Crippen molar-refractivity contribution in [2.45, 2.75) is 153 Å². The molecule has 0 heterocycles. The number of rotatable bonds is 32. The van der Waals surface area contributed by atoms with Crippen LogP contribution in [0.4, 0.5) is 0 Å². The van der Waals surface area contributed by atoms with E-state index in [1.54, 1.807) is 12.2 Å². The average molecular weight is 696 g/mol. The minimum atomic E-state index is -1.16. The van der Waals surface area contributed by atoms with Crippen LogP contribution in [0.1, 0.15) is 129 Å². The predicted molar refractivity (Wildman–Crippen MR) is 197 cm³/mol. The van der Waals surface area contributed by atoms with Gasteiger partial charge in [-0.15, -0.1) is 11.8 Å². The molecule has 48 heavy (non-hydrogen) atoms. The van der Waals surface area contributed by atoms with E-state index in [1.807, 2.05) is 18.2 Å². The maximum Gasteiger partial charge on any atom is 0.323 e. The normalized spacial score (nSPS) is 14.6. The van der Waals surface area contributed by atoms with E-state index < -0.39 is 35.4 Å². The van der Waals surface area contributed by atoms with Crippen molar-refractivity contribution >= 4 is 29.7 Å². The molecule has 0 aliphatic rings. The molecule has 4 atom stereocenters. The van der Waals surface area contributed by atoms with Crippen LogP contribution in [-0.4, -0.2) is 75.7 Å². The number of carboxylic acid groups (broad SMARTS) is 1. The number of allylic oxidation sites excluding steroid dienone is 7. The zero-order chi connectivity index (χ0) is 35.7. The van der Waals surface area contributed by atoms with Gasteiger partial charge in [-0.1, -0.05) is 127 Å². The lowest BCUT2D eigenvalue weighted by atomic mass is 10.1. The van der Waals surface area contributed by atoms with Crippen molar-refractivity contribution in [1.82, 2.24) is 0 Å². The van der Waals surface area contributed by atoms with Crippen molar-refractivity contribution in [2.75, 3.05) is 19.0 Å². The number of unbranched alkanes of at least 4 members (excludes halogenated alkanes) is 11. The summed E-state index contributed by atoms with van der Waals surface area (Å²) < 4.78 is 10.2. The van der Waals surface area contributed by atoms with Crippen molar-refractivity contribution in [2.24, 2.45) is 5.73 Å². The van der Waals surface area contributed by atoms with Gasteiger partial charge in [0.15, 0.2) is 0 Å². The number of aliphatic hydroxyl groups is 2. The number of carboxylic acids is 1. The molecule has 0 fully saturated rings. The number of aliphatic hydroxyl groups excluding tert-OH is 2. The monoisotopic (exact) mass is 695 g/mol. The van der Waals surface area contributed by atoms with Crippen LogP contribution < -0.4 is 5.73 Å². The molecule has 0 aromatic carbocycles. The lowest BCUT2D eigenvalue weighted by Crippen LogP contribution is -2.38. The molecule has 276 valence electrons. The fourth-order valence-corrected chi connectivity index (χ4v) is 5.77. The first-order valence-electron chi connectivity index (χ1n) is 18.1. The number of esters is 2. The van der Waals surface area contributed by atoms with E-state index in [9.17, 15) is 24.6 Å². The zero-order valence-electron chi connectivity index (χ0n) is 29.6. The number of carbonyl (C=O) groups excluding carboxylic acids is 2. The van der Waals surface area contributed by atoms with E-state index in [2.05, 4.69) is 32.1 Å². The topological polar surface area (TPSA) is 156 Å². The minimum Gasteiger partial charge on any atom is -0.481 e. The zero-order valence-corrected chi connectivity index (χ0v) is 30.5. The summed E-state index contributed by atoms with van der Waals surface area (Å²) in [7, 11) is 0. The Morgan fingerprint density at radius 1 is 0.729 bits per heavy atom. The fourth-order valence-electron chi connectivity index (χ4n) is 4.64. The first kappa shape index (κ1) is 45.6. The first-order chi connectivity index (χ1) is 23.2. The Balaban J connectivity index is 4.52. The summed E-state index contributed by atoms with van der Waals surface area (Å²) in [4.78, 5) is 35.3. The summed E-state index contributed by atoms with van der Waals surface area (Å²) >= 11 is 1.27. The third-order valence-corrected chi connectivity index (χ3v) is 8.97. The Hall–Kier alpha value is -2.40. The van der Waals surface area contributed by atoms with Crippen LogP contribution in [0.2, 0.25) is 0 Å². The molecule has 0 saturated carbocycles. The van der Waals surface area contributed by atoms with Gasteiger partial charge in [0.25, 0.3) is 0 Å². The van der Waals surface area contributed by atoms with Gasteiger partial charge in [-0.25, -0.2) is 0 Å². The van der Waals surface area contributed by atoms with Gasteiger partial charge in [-0.05, 0) is 38.5 Å². The van der Waals surface area contributed by atoms with Gasteiger partial charge >= 0.3 is 17.9 Å². The fraction of sp³-hybridized carbons (Fsp3) is 0.711. The summed E-state index contributed by atoms with van der Waals surface area (Å²) in [5.41, 5.74) is 6.03. The van der Waals surface area contributed by atoms with Crippen LogP contribution in [-0.2, 0) is 23.9 Å². The number of aliphatic carboxylic acids is 1. The molecule has 0 rings (SSSR count). The van der Waals surface area contributed by atoms with Gasteiger partial charge in [0.05, 0.1) is 6.10 Å². The Morgan fingerprint density at radius 3 is 2.04 bits per heavy atom. The van der Waals surface area contributed by atoms with Crippen LogP contribution in [0.25, 0.3) is 0 Å². The molecule has 0 amide bonds. The van der Waals surface area contributed by atoms with E-state index in [-0.39, 0.29) is 37.8 Å². The maximum absolute atomic E-state index is 12.4. The Kier molecular flexibility index (Phi) is 31.5. The largest absolute Gasteiger partial charge is 0.481 e. The summed E-state index contributed by atoms with van der Waals surface area (Å²) in [5.74, 6) is -1.88. The molecule has 9 nitrogen and oxygen atoms in total. The van der Waals surface area contributed by atoms with Gasteiger partial charge in [-0.2, -0.15) is 0 Å². The molecule has 0 aliphatic carbocycles. The second kappa shape index (κ2) is 33.1. The van der Waals surface area contributed by atoms with Crippen LogP contribution in [0.15, 0.2) is 48.6 Å². The number of nitrogens with two attached hydrogens (primary N) is 1. The van der Waals surface area contributed by atoms with Gasteiger partial charge in [0, 0.05) is 23.8 Å². The third kappa shape index (κ3) is 29.7. The number of carbonyl (C=O) groups is 3. The highest BCUT2D eigenvalue weighted by atomic mass is 32.2. The minimum absolute atomic E-state index is 0.0430. The second-order valence-electron chi connectivity index (χ2n) is 12.2. The maximum atomic E-state index is 12.4. The Morgan fingerprint density at radius 2 is 1.35 bits per heavy atom. The van der Waals surface area contributed by atoms with Crippen LogP contribution in [0.3, 0.4) is 0 Å². The Bertz CT molecular complexity index is 936. The summed E-state index contributed by atoms with van der Waals surface area (Å²) in [6.07, 6.45) is 30.6. The van der Waals surface area contributed by atoms with E-state index in [0.717, 1.165) is 32.1 Å². The molecule has 0 aromatic rings. The van der Waals surface area contributed by atoms with Gasteiger partial charge < -0.3 is 30.5 Å². The number of ether oxygens (including phenoxy) is 2. The molecule has 0 saturated heterocycles. The van der Waals surface area contributed by atoms with Crippen molar-refractivity contribution in [3.05, 3.63) is 48.6 Å². The van der Waals surface area contributed by atoms with E-state index in [4.69, 9.17) is 20.3 Å². The molecular formula is C38H65NO8S. The number of hydrogen-bond donors (Lipinski definition) is 4. The highest BCUT2D eigenvalue weighted by Crippen LogP contribution is 2.21.